The topological polar surface area (TPSA) is 62.8 Å². The van der Waals surface area contributed by atoms with Gasteiger partial charge in [0.25, 0.3) is 0 Å². The first kappa shape index (κ1) is 13.8. The van der Waals surface area contributed by atoms with Crippen LogP contribution in [-0.4, -0.2) is 10.8 Å². The number of halogens is 3. The van der Waals surface area contributed by atoms with E-state index in [0.29, 0.717) is 15.5 Å². The van der Waals surface area contributed by atoms with Gasteiger partial charge in [-0.15, -0.1) is 0 Å². The summed E-state index contributed by atoms with van der Waals surface area (Å²) in [5.74, 6) is -2.04. The summed E-state index contributed by atoms with van der Waals surface area (Å²) >= 11 is 7.12. The monoisotopic (exact) mass is 299 g/mol. The molecule has 1 aromatic carbocycles. The molecule has 0 saturated heterocycles. The van der Waals surface area contributed by atoms with Crippen LogP contribution in [0.4, 0.5) is 8.78 Å². The van der Waals surface area contributed by atoms with Gasteiger partial charge in [0.15, 0.2) is 11.6 Å². The Hall–Kier alpha value is -1.66. The van der Waals surface area contributed by atoms with Crippen molar-refractivity contribution in [1.29, 1.82) is 5.41 Å². The number of amidine groups is 1. The van der Waals surface area contributed by atoms with Crippen molar-refractivity contribution in [2.75, 3.05) is 0 Å². The van der Waals surface area contributed by atoms with Gasteiger partial charge in [0, 0.05) is 16.7 Å². The third kappa shape index (κ3) is 3.02. The highest BCUT2D eigenvalue weighted by Crippen LogP contribution is 2.33. The Bertz CT molecular complexity index is 649. The second kappa shape index (κ2) is 5.54. The van der Waals surface area contributed by atoms with E-state index in [1.807, 2.05) is 0 Å². The van der Waals surface area contributed by atoms with E-state index in [0.717, 1.165) is 23.9 Å². The second-order valence-electron chi connectivity index (χ2n) is 3.57. The van der Waals surface area contributed by atoms with Crippen LogP contribution in [0.2, 0.25) is 5.02 Å². The van der Waals surface area contributed by atoms with Gasteiger partial charge in [0.1, 0.15) is 10.9 Å². The number of hydrogen-bond acceptors (Lipinski definition) is 3. The van der Waals surface area contributed by atoms with E-state index < -0.39 is 11.6 Å². The number of aromatic nitrogens is 1. The van der Waals surface area contributed by atoms with Crippen LogP contribution in [0, 0.1) is 17.0 Å². The summed E-state index contributed by atoms with van der Waals surface area (Å²) in [5, 5.41) is 7.95. The van der Waals surface area contributed by atoms with Gasteiger partial charge in [-0.25, -0.2) is 13.8 Å². The lowest BCUT2D eigenvalue weighted by atomic mass is 10.2. The summed E-state index contributed by atoms with van der Waals surface area (Å²) in [5.41, 5.74) is 5.72. The predicted octanol–water partition coefficient (Wildman–Crippen LogP) is 3.45. The van der Waals surface area contributed by atoms with E-state index in [2.05, 4.69) is 4.98 Å². The van der Waals surface area contributed by atoms with Crippen LogP contribution in [0.15, 0.2) is 40.4 Å². The predicted molar refractivity (Wildman–Crippen MR) is 70.7 cm³/mol. The molecule has 1 heterocycles. The summed E-state index contributed by atoms with van der Waals surface area (Å²) in [7, 11) is 0. The normalized spacial score (nSPS) is 10.5. The van der Waals surface area contributed by atoms with Crippen LogP contribution in [-0.2, 0) is 0 Å². The molecule has 1 aromatic heterocycles. The summed E-state index contributed by atoms with van der Waals surface area (Å²) in [4.78, 5) is 4.48. The van der Waals surface area contributed by atoms with Gasteiger partial charge in [0.2, 0.25) is 0 Å². The fraction of sp³-hybridized carbons (Fsp3) is 0. The third-order valence-electron chi connectivity index (χ3n) is 2.25. The van der Waals surface area contributed by atoms with Crippen molar-refractivity contribution in [3.05, 3.63) is 52.7 Å². The van der Waals surface area contributed by atoms with Crippen molar-refractivity contribution in [1.82, 2.24) is 4.98 Å². The van der Waals surface area contributed by atoms with Gasteiger partial charge in [-0.1, -0.05) is 23.4 Å². The molecular formula is C12H8ClF2N3S. The van der Waals surface area contributed by atoms with Gasteiger partial charge in [-0.3, -0.25) is 5.41 Å². The largest absolute Gasteiger partial charge is 0.384 e. The quantitative estimate of drug-likeness (QED) is 0.674. The number of nitrogens with one attached hydrogen (secondary N) is 1. The van der Waals surface area contributed by atoms with E-state index in [9.17, 15) is 8.78 Å². The van der Waals surface area contributed by atoms with E-state index in [4.69, 9.17) is 22.7 Å². The first-order chi connectivity index (χ1) is 8.99. The molecule has 0 saturated carbocycles. The SMILES string of the molecule is N=C(N)c1ccnc(Sc2ccc(F)c(F)c2)c1Cl. The zero-order chi connectivity index (χ0) is 14.0. The highest BCUT2D eigenvalue weighted by Gasteiger charge is 2.12. The molecule has 0 spiro atoms. The Morgan fingerprint density at radius 3 is 2.63 bits per heavy atom. The average molecular weight is 300 g/mol. The first-order valence-corrected chi connectivity index (χ1v) is 6.30. The number of pyridine rings is 1. The average Bonchev–Trinajstić information content (AvgIpc) is 2.36. The Kier molecular flexibility index (Phi) is 4.01. The van der Waals surface area contributed by atoms with Gasteiger partial charge in [-0.2, -0.15) is 0 Å². The number of nitrogens with two attached hydrogens (primary N) is 1. The standard InChI is InChI=1S/C12H8ClF2N3S/c13-10-7(11(16)17)3-4-18-12(10)19-6-1-2-8(14)9(15)5-6/h1-5H,(H3,16,17). The van der Waals surface area contributed by atoms with E-state index in [1.54, 1.807) is 0 Å². The van der Waals surface area contributed by atoms with Crippen LogP contribution in [0.3, 0.4) is 0 Å². The molecule has 19 heavy (non-hydrogen) atoms. The third-order valence-corrected chi connectivity index (χ3v) is 3.74. The summed E-state index contributed by atoms with van der Waals surface area (Å²) in [6.07, 6.45) is 1.45. The van der Waals surface area contributed by atoms with Crippen LogP contribution in [0.25, 0.3) is 0 Å². The molecule has 0 radical (unpaired) electrons. The molecular weight excluding hydrogens is 292 g/mol. The van der Waals surface area contributed by atoms with E-state index in [1.165, 1.54) is 18.3 Å². The molecule has 98 valence electrons. The van der Waals surface area contributed by atoms with Crippen molar-refractivity contribution in [3.63, 3.8) is 0 Å². The molecule has 0 aliphatic rings. The van der Waals surface area contributed by atoms with E-state index in [-0.39, 0.29) is 10.9 Å². The summed E-state index contributed by atoms with van der Waals surface area (Å²) in [6.45, 7) is 0. The maximum atomic E-state index is 13.1. The summed E-state index contributed by atoms with van der Waals surface area (Å²) < 4.78 is 25.9. The maximum Gasteiger partial charge on any atom is 0.159 e. The summed E-state index contributed by atoms with van der Waals surface area (Å²) in [6, 6.07) is 5.01. The van der Waals surface area contributed by atoms with Crippen molar-refractivity contribution in [2.45, 2.75) is 9.92 Å². The first-order valence-electron chi connectivity index (χ1n) is 5.11. The van der Waals surface area contributed by atoms with Crippen LogP contribution < -0.4 is 5.73 Å². The molecule has 2 rings (SSSR count). The van der Waals surface area contributed by atoms with Crippen molar-refractivity contribution in [2.24, 2.45) is 5.73 Å². The lowest BCUT2D eigenvalue weighted by molar-refractivity contribution is 0.506. The van der Waals surface area contributed by atoms with Crippen LogP contribution in [0.5, 0.6) is 0 Å². The Morgan fingerprint density at radius 1 is 1.26 bits per heavy atom. The zero-order valence-corrected chi connectivity index (χ0v) is 11.0. The Labute approximate surface area is 117 Å². The molecule has 0 aliphatic heterocycles. The minimum absolute atomic E-state index is 0.181. The fourth-order valence-corrected chi connectivity index (χ4v) is 2.52. The van der Waals surface area contributed by atoms with Crippen LogP contribution >= 0.6 is 23.4 Å². The number of nitrogens with zero attached hydrogens (tertiary/aromatic N) is 1. The minimum atomic E-state index is -0.941. The van der Waals surface area contributed by atoms with Gasteiger partial charge in [0.05, 0.1) is 5.02 Å². The molecule has 0 unspecified atom stereocenters. The van der Waals surface area contributed by atoms with Crippen molar-refractivity contribution < 1.29 is 8.78 Å². The molecule has 0 aliphatic carbocycles. The minimum Gasteiger partial charge on any atom is -0.384 e. The Morgan fingerprint density at radius 2 is 2.00 bits per heavy atom. The zero-order valence-electron chi connectivity index (χ0n) is 9.45. The second-order valence-corrected chi connectivity index (χ2v) is 5.01. The van der Waals surface area contributed by atoms with E-state index >= 15 is 0 Å². The van der Waals surface area contributed by atoms with Crippen molar-refractivity contribution in [3.8, 4) is 0 Å². The molecule has 2 aromatic rings. The van der Waals surface area contributed by atoms with Gasteiger partial charge in [-0.05, 0) is 24.3 Å². The van der Waals surface area contributed by atoms with Gasteiger partial charge < -0.3 is 5.73 Å². The molecule has 0 atom stereocenters. The molecule has 7 heteroatoms. The lowest BCUT2D eigenvalue weighted by Crippen LogP contribution is -2.12. The smallest absolute Gasteiger partial charge is 0.159 e. The fourth-order valence-electron chi connectivity index (χ4n) is 1.36. The van der Waals surface area contributed by atoms with Crippen molar-refractivity contribution >= 4 is 29.2 Å². The lowest BCUT2D eigenvalue weighted by Gasteiger charge is -2.07. The van der Waals surface area contributed by atoms with Crippen LogP contribution in [0.1, 0.15) is 5.56 Å². The number of nitrogen functional groups attached to an aromatic ring is 1. The molecule has 0 amide bonds. The van der Waals surface area contributed by atoms with Gasteiger partial charge >= 0.3 is 0 Å². The molecule has 0 fully saturated rings. The molecule has 3 N–H and O–H groups in total. The number of hydrogen-bond donors (Lipinski definition) is 2. The molecule has 3 nitrogen and oxygen atoms in total. The number of benzene rings is 1. The highest BCUT2D eigenvalue weighted by molar-refractivity contribution is 7.99. The Balaban J connectivity index is 2.35. The number of rotatable bonds is 3. The molecule has 0 bridgehead atoms. The maximum absolute atomic E-state index is 13.1. The highest BCUT2D eigenvalue weighted by atomic mass is 35.5.